The van der Waals surface area contributed by atoms with Gasteiger partial charge in [-0.15, -0.1) is 0 Å². The molecule has 1 aliphatic carbocycles. The molecular weight excluding hydrogens is 284 g/mol. The molecule has 1 saturated carbocycles. The van der Waals surface area contributed by atoms with Crippen molar-refractivity contribution in [1.82, 2.24) is 5.32 Å². The van der Waals surface area contributed by atoms with Crippen molar-refractivity contribution in [3.63, 3.8) is 0 Å². The average Bonchev–Trinajstić information content (AvgIpc) is 2.77. The first-order chi connectivity index (χ1) is 10.0. The minimum absolute atomic E-state index is 0.421. The van der Waals surface area contributed by atoms with Gasteiger partial charge in [-0.1, -0.05) is 13.8 Å². The molecule has 0 radical (unpaired) electrons. The van der Waals surface area contributed by atoms with E-state index in [0.717, 1.165) is 23.6 Å². The molecule has 2 aliphatic rings. The molecule has 3 rings (SSSR count). The highest BCUT2D eigenvalue weighted by Crippen LogP contribution is 2.37. The number of hydrogen-bond acceptors (Lipinski definition) is 3. The molecule has 114 valence electrons. The van der Waals surface area contributed by atoms with E-state index < -0.39 is 0 Å². The summed E-state index contributed by atoms with van der Waals surface area (Å²) < 4.78 is 11.1. The van der Waals surface area contributed by atoms with Crippen LogP contribution in [0.25, 0.3) is 0 Å². The third kappa shape index (κ3) is 3.59. The van der Waals surface area contributed by atoms with E-state index in [1.807, 2.05) is 18.2 Å². The quantitative estimate of drug-likeness (QED) is 0.821. The molecule has 21 heavy (non-hydrogen) atoms. The standard InChI is InChI=1S/C16H22N2O2S/c1-16(2)6-5-12(10-16)18-15(21)17-11-3-4-13-14(9-11)20-8-7-19-13/h3-4,9,12H,5-8,10H2,1-2H3,(H2,17,18,21). The Labute approximate surface area is 131 Å². The van der Waals surface area contributed by atoms with Gasteiger partial charge in [0.2, 0.25) is 0 Å². The van der Waals surface area contributed by atoms with Crippen molar-refractivity contribution in [1.29, 1.82) is 0 Å². The van der Waals surface area contributed by atoms with Crippen LogP contribution in [0.1, 0.15) is 33.1 Å². The molecule has 1 atom stereocenters. The molecule has 1 heterocycles. The Kier molecular flexibility index (Phi) is 3.93. The topological polar surface area (TPSA) is 42.5 Å². The normalized spacial score (nSPS) is 22.7. The van der Waals surface area contributed by atoms with Crippen LogP contribution in [0.4, 0.5) is 5.69 Å². The van der Waals surface area contributed by atoms with Crippen molar-refractivity contribution in [2.45, 2.75) is 39.2 Å². The molecule has 0 saturated heterocycles. The van der Waals surface area contributed by atoms with Gasteiger partial charge in [0.25, 0.3) is 0 Å². The SMILES string of the molecule is CC1(C)CCC(NC(=S)Nc2ccc3c(c2)OCCO3)C1. The van der Waals surface area contributed by atoms with Crippen LogP contribution in [0.5, 0.6) is 11.5 Å². The van der Waals surface area contributed by atoms with Crippen LogP contribution >= 0.6 is 12.2 Å². The summed E-state index contributed by atoms with van der Waals surface area (Å²) in [6.07, 6.45) is 3.59. The Balaban J connectivity index is 1.58. The van der Waals surface area contributed by atoms with Crippen molar-refractivity contribution in [3.8, 4) is 11.5 Å². The third-order valence-corrected chi connectivity index (χ3v) is 4.32. The maximum atomic E-state index is 5.58. The molecule has 1 unspecified atom stereocenters. The lowest BCUT2D eigenvalue weighted by atomic mass is 9.92. The van der Waals surface area contributed by atoms with Crippen molar-refractivity contribution in [2.24, 2.45) is 5.41 Å². The molecular formula is C16H22N2O2S. The lowest BCUT2D eigenvalue weighted by molar-refractivity contribution is 0.171. The van der Waals surface area contributed by atoms with Gasteiger partial charge in [-0.25, -0.2) is 0 Å². The fourth-order valence-electron chi connectivity index (χ4n) is 3.03. The van der Waals surface area contributed by atoms with E-state index in [2.05, 4.69) is 24.5 Å². The van der Waals surface area contributed by atoms with Gasteiger partial charge in [0.05, 0.1) is 0 Å². The Bertz CT molecular complexity index is 545. The fraction of sp³-hybridized carbons (Fsp3) is 0.562. The summed E-state index contributed by atoms with van der Waals surface area (Å²) in [5, 5.41) is 7.32. The zero-order chi connectivity index (χ0) is 14.9. The number of thiocarbonyl (C=S) groups is 1. The minimum atomic E-state index is 0.421. The summed E-state index contributed by atoms with van der Waals surface area (Å²) in [6, 6.07) is 6.27. The molecule has 1 aromatic carbocycles. The first kappa shape index (κ1) is 14.4. The Morgan fingerprint density at radius 3 is 2.71 bits per heavy atom. The van der Waals surface area contributed by atoms with Crippen LogP contribution < -0.4 is 20.1 Å². The smallest absolute Gasteiger partial charge is 0.170 e. The molecule has 1 fully saturated rings. The monoisotopic (exact) mass is 306 g/mol. The molecule has 1 aliphatic heterocycles. The lowest BCUT2D eigenvalue weighted by Crippen LogP contribution is -2.36. The molecule has 0 aromatic heterocycles. The number of hydrogen-bond donors (Lipinski definition) is 2. The average molecular weight is 306 g/mol. The number of anilines is 1. The van der Waals surface area contributed by atoms with Crippen LogP contribution in [0, 0.1) is 5.41 Å². The van der Waals surface area contributed by atoms with Crippen LogP contribution in [-0.4, -0.2) is 24.4 Å². The molecule has 0 spiro atoms. The number of nitrogens with one attached hydrogen (secondary N) is 2. The largest absolute Gasteiger partial charge is 0.486 e. The maximum absolute atomic E-state index is 5.58. The summed E-state index contributed by atoms with van der Waals surface area (Å²) in [6.45, 7) is 5.82. The molecule has 5 heteroatoms. The van der Waals surface area contributed by atoms with Crippen LogP contribution in [0.3, 0.4) is 0 Å². The van der Waals surface area contributed by atoms with Gasteiger partial charge in [0, 0.05) is 17.8 Å². The maximum Gasteiger partial charge on any atom is 0.170 e. The molecule has 2 N–H and O–H groups in total. The lowest BCUT2D eigenvalue weighted by Gasteiger charge is -2.21. The number of benzene rings is 1. The Morgan fingerprint density at radius 2 is 2.00 bits per heavy atom. The van der Waals surface area contributed by atoms with Crippen molar-refractivity contribution < 1.29 is 9.47 Å². The molecule has 0 amide bonds. The number of ether oxygens (including phenoxy) is 2. The van der Waals surface area contributed by atoms with Crippen LogP contribution in [0.2, 0.25) is 0 Å². The second-order valence-corrected chi connectivity index (χ2v) is 6.97. The number of fused-ring (bicyclic) bond motifs is 1. The van der Waals surface area contributed by atoms with E-state index in [0.29, 0.717) is 29.8 Å². The zero-order valence-corrected chi connectivity index (χ0v) is 13.4. The summed E-state index contributed by atoms with van der Waals surface area (Å²) in [7, 11) is 0. The second-order valence-electron chi connectivity index (χ2n) is 6.56. The second kappa shape index (κ2) is 5.72. The highest BCUT2D eigenvalue weighted by molar-refractivity contribution is 7.80. The number of rotatable bonds is 2. The Morgan fingerprint density at radius 1 is 1.24 bits per heavy atom. The van der Waals surface area contributed by atoms with E-state index in [4.69, 9.17) is 21.7 Å². The van der Waals surface area contributed by atoms with Crippen molar-refractivity contribution in [2.75, 3.05) is 18.5 Å². The first-order valence-corrected chi connectivity index (χ1v) is 7.90. The summed E-state index contributed by atoms with van der Waals surface area (Å²) in [4.78, 5) is 0. The minimum Gasteiger partial charge on any atom is -0.486 e. The molecule has 0 bridgehead atoms. The van der Waals surface area contributed by atoms with Gasteiger partial charge in [-0.05, 0) is 49.0 Å². The van der Waals surface area contributed by atoms with Crippen LogP contribution in [0.15, 0.2) is 18.2 Å². The predicted octanol–water partition coefficient (Wildman–Crippen LogP) is 3.32. The summed E-state index contributed by atoms with van der Waals surface area (Å²) in [5.74, 6) is 1.57. The summed E-state index contributed by atoms with van der Waals surface area (Å²) in [5.41, 5.74) is 1.35. The van der Waals surface area contributed by atoms with Gasteiger partial charge in [-0.2, -0.15) is 0 Å². The van der Waals surface area contributed by atoms with Crippen molar-refractivity contribution >= 4 is 23.0 Å². The highest BCUT2D eigenvalue weighted by atomic mass is 32.1. The first-order valence-electron chi connectivity index (χ1n) is 7.49. The van der Waals surface area contributed by atoms with Gasteiger partial charge >= 0.3 is 0 Å². The predicted molar refractivity (Wildman–Crippen MR) is 88.2 cm³/mol. The van der Waals surface area contributed by atoms with E-state index in [-0.39, 0.29) is 0 Å². The van der Waals surface area contributed by atoms with Gasteiger partial charge < -0.3 is 20.1 Å². The van der Waals surface area contributed by atoms with E-state index in [1.54, 1.807) is 0 Å². The molecule has 1 aromatic rings. The van der Waals surface area contributed by atoms with E-state index in [9.17, 15) is 0 Å². The third-order valence-electron chi connectivity index (χ3n) is 4.10. The van der Waals surface area contributed by atoms with Crippen LogP contribution in [-0.2, 0) is 0 Å². The van der Waals surface area contributed by atoms with E-state index in [1.165, 1.54) is 12.8 Å². The zero-order valence-electron chi connectivity index (χ0n) is 12.6. The molecule has 4 nitrogen and oxygen atoms in total. The fourth-order valence-corrected chi connectivity index (χ4v) is 3.32. The van der Waals surface area contributed by atoms with Gasteiger partial charge in [0.1, 0.15) is 13.2 Å². The Hall–Kier alpha value is -1.49. The highest BCUT2D eigenvalue weighted by Gasteiger charge is 2.31. The van der Waals surface area contributed by atoms with Gasteiger partial charge in [-0.3, -0.25) is 0 Å². The van der Waals surface area contributed by atoms with E-state index >= 15 is 0 Å². The van der Waals surface area contributed by atoms with Gasteiger partial charge in [0.15, 0.2) is 16.6 Å². The van der Waals surface area contributed by atoms with Crippen molar-refractivity contribution in [3.05, 3.63) is 18.2 Å². The summed E-state index contributed by atoms with van der Waals surface area (Å²) >= 11 is 5.41.